The van der Waals surface area contributed by atoms with Crippen molar-refractivity contribution in [2.24, 2.45) is 0 Å². The summed E-state index contributed by atoms with van der Waals surface area (Å²) in [6.07, 6.45) is 3.25. The number of anilines is 1. The van der Waals surface area contributed by atoms with Gasteiger partial charge in [0.2, 0.25) is 0 Å². The Kier molecular flexibility index (Phi) is 3.23. The van der Waals surface area contributed by atoms with E-state index in [2.05, 4.69) is 15.3 Å². The maximum absolute atomic E-state index is 12.1. The van der Waals surface area contributed by atoms with E-state index < -0.39 is 0 Å². The fraction of sp³-hybridized carbons (Fsp3) is 0.0625. The zero-order valence-corrected chi connectivity index (χ0v) is 11.4. The van der Waals surface area contributed by atoms with Crippen LogP contribution in [0.1, 0.15) is 27.8 Å². The Bertz CT molecular complexity index is 836. The van der Waals surface area contributed by atoms with Crippen molar-refractivity contribution in [3.05, 3.63) is 60.0 Å². The largest absolute Gasteiger partial charge is 0.356 e. The predicted molar refractivity (Wildman–Crippen MR) is 80.5 cm³/mol. The van der Waals surface area contributed by atoms with Crippen LogP contribution in [0.3, 0.4) is 0 Å². The first-order valence-corrected chi connectivity index (χ1v) is 6.49. The molecule has 5 nitrogen and oxygen atoms in total. The molecular weight excluding hydrogens is 266 g/mol. The third-order valence-electron chi connectivity index (χ3n) is 3.20. The molecule has 0 saturated heterocycles. The van der Waals surface area contributed by atoms with Crippen LogP contribution in [0.25, 0.3) is 10.9 Å². The van der Waals surface area contributed by atoms with Crippen LogP contribution in [0, 0.1) is 0 Å². The highest BCUT2D eigenvalue weighted by Crippen LogP contribution is 2.17. The third kappa shape index (κ3) is 2.67. The first-order chi connectivity index (χ1) is 10.1. The fourth-order valence-electron chi connectivity index (χ4n) is 2.08. The maximum Gasteiger partial charge on any atom is 0.272 e. The first kappa shape index (κ1) is 13.1. The second-order valence-electron chi connectivity index (χ2n) is 4.72. The number of nitrogens with one attached hydrogen (secondary N) is 2. The molecule has 104 valence electrons. The molecule has 2 heterocycles. The molecule has 2 aromatic heterocycles. The minimum absolute atomic E-state index is 0.0814. The number of ketones is 1. The molecule has 1 aromatic carbocycles. The Morgan fingerprint density at radius 2 is 2.05 bits per heavy atom. The zero-order chi connectivity index (χ0) is 14.8. The highest BCUT2D eigenvalue weighted by Gasteiger charge is 2.11. The van der Waals surface area contributed by atoms with Gasteiger partial charge in [-0.2, -0.15) is 0 Å². The number of Topliss-reactive ketones (excluding diaryl/α,β-unsaturated/α-hetero) is 1. The highest BCUT2D eigenvalue weighted by molar-refractivity contribution is 6.05. The summed E-state index contributed by atoms with van der Waals surface area (Å²) in [6.45, 7) is 1.46. The molecule has 0 aliphatic heterocycles. The quantitative estimate of drug-likeness (QED) is 0.724. The van der Waals surface area contributed by atoms with E-state index in [4.69, 9.17) is 0 Å². The van der Waals surface area contributed by atoms with Crippen LogP contribution in [-0.4, -0.2) is 21.7 Å². The van der Waals surface area contributed by atoms with Crippen LogP contribution in [0.4, 0.5) is 5.69 Å². The zero-order valence-electron chi connectivity index (χ0n) is 11.4. The van der Waals surface area contributed by atoms with Gasteiger partial charge in [0.25, 0.3) is 5.91 Å². The molecule has 5 heteroatoms. The molecular formula is C16H13N3O2. The molecule has 0 unspecified atom stereocenters. The lowest BCUT2D eigenvalue weighted by molar-refractivity contribution is 0.101. The van der Waals surface area contributed by atoms with Gasteiger partial charge < -0.3 is 10.3 Å². The van der Waals surface area contributed by atoms with Gasteiger partial charge in [0.05, 0.1) is 5.52 Å². The number of carbonyl (C=O) groups is 2. The van der Waals surface area contributed by atoms with E-state index in [9.17, 15) is 9.59 Å². The van der Waals surface area contributed by atoms with Crippen molar-refractivity contribution < 1.29 is 9.59 Å². The number of rotatable bonds is 3. The van der Waals surface area contributed by atoms with Crippen molar-refractivity contribution in [2.75, 3.05) is 5.32 Å². The molecule has 3 aromatic rings. The standard InChI is InChI=1S/C16H13N3O2/c1-10(20)12-8-15(18-9-12)16(21)19-13-4-5-14-11(7-13)3-2-6-17-14/h2-9,18H,1H3,(H,19,21). The second kappa shape index (κ2) is 5.20. The van der Waals surface area contributed by atoms with Crippen molar-refractivity contribution in [1.29, 1.82) is 0 Å². The number of pyridine rings is 1. The molecule has 0 radical (unpaired) electrons. The maximum atomic E-state index is 12.1. The second-order valence-corrected chi connectivity index (χ2v) is 4.72. The lowest BCUT2D eigenvalue weighted by Crippen LogP contribution is -2.12. The van der Waals surface area contributed by atoms with E-state index in [1.165, 1.54) is 13.1 Å². The molecule has 0 fully saturated rings. The number of hydrogen-bond donors (Lipinski definition) is 2. The van der Waals surface area contributed by atoms with Crippen LogP contribution in [0.5, 0.6) is 0 Å². The topological polar surface area (TPSA) is 74.8 Å². The van der Waals surface area contributed by atoms with E-state index in [0.717, 1.165) is 10.9 Å². The number of amides is 1. The van der Waals surface area contributed by atoms with Gasteiger partial charge in [-0.05, 0) is 37.3 Å². The monoisotopic (exact) mass is 279 g/mol. The third-order valence-corrected chi connectivity index (χ3v) is 3.20. The van der Waals surface area contributed by atoms with E-state index in [1.807, 2.05) is 24.3 Å². The Hall–Kier alpha value is -2.95. The fourth-order valence-corrected chi connectivity index (χ4v) is 2.08. The van der Waals surface area contributed by atoms with Crippen LogP contribution >= 0.6 is 0 Å². The average molecular weight is 279 g/mol. The van der Waals surface area contributed by atoms with Crippen molar-refractivity contribution in [3.63, 3.8) is 0 Å². The Balaban J connectivity index is 1.83. The average Bonchev–Trinajstić information content (AvgIpc) is 2.97. The molecule has 2 N–H and O–H groups in total. The Morgan fingerprint density at radius 3 is 2.81 bits per heavy atom. The van der Waals surface area contributed by atoms with Crippen molar-refractivity contribution in [3.8, 4) is 0 Å². The Morgan fingerprint density at radius 1 is 1.19 bits per heavy atom. The predicted octanol–water partition coefficient (Wildman–Crippen LogP) is 3.02. The summed E-state index contributed by atoms with van der Waals surface area (Å²) >= 11 is 0. The number of aromatic amines is 1. The number of H-pyrrole nitrogens is 1. The molecule has 0 aliphatic carbocycles. The van der Waals surface area contributed by atoms with E-state index in [1.54, 1.807) is 18.3 Å². The van der Waals surface area contributed by atoms with Gasteiger partial charge in [0.15, 0.2) is 5.78 Å². The van der Waals surface area contributed by atoms with Crippen LogP contribution in [0.15, 0.2) is 48.8 Å². The summed E-state index contributed by atoms with van der Waals surface area (Å²) in [6, 6.07) is 10.8. The number of benzene rings is 1. The molecule has 1 amide bonds. The molecule has 0 atom stereocenters. The van der Waals surface area contributed by atoms with E-state index in [-0.39, 0.29) is 11.7 Å². The summed E-state index contributed by atoms with van der Waals surface area (Å²) in [5, 5.41) is 3.74. The highest BCUT2D eigenvalue weighted by atomic mass is 16.2. The minimum Gasteiger partial charge on any atom is -0.356 e. The summed E-state index contributed by atoms with van der Waals surface area (Å²) in [7, 11) is 0. The van der Waals surface area contributed by atoms with Crippen LogP contribution < -0.4 is 5.32 Å². The van der Waals surface area contributed by atoms with Crippen molar-refractivity contribution in [2.45, 2.75) is 6.92 Å². The van der Waals surface area contributed by atoms with Crippen molar-refractivity contribution in [1.82, 2.24) is 9.97 Å². The van der Waals surface area contributed by atoms with Crippen molar-refractivity contribution >= 4 is 28.3 Å². The van der Waals surface area contributed by atoms with E-state index in [0.29, 0.717) is 16.9 Å². The first-order valence-electron chi connectivity index (χ1n) is 6.49. The number of fused-ring (bicyclic) bond motifs is 1. The molecule has 21 heavy (non-hydrogen) atoms. The number of nitrogens with zero attached hydrogens (tertiary/aromatic N) is 1. The van der Waals surface area contributed by atoms with Crippen LogP contribution in [-0.2, 0) is 0 Å². The molecule has 0 spiro atoms. The summed E-state index contributed by atoms with van der Waals surface area (Å²) < 4.78 is 0. The van der Waals surface area contributed by atoms with E-state index >= 15 is 0 Å². The SMILES string of the molecule is CC(=O)c1c[nH]c(C(=O)Nc2ccc3ncccc3c2)c1. The van der Waals surface area contributed by atoms with Gasteiger partial charge >= 0.3 is 0 Å². The summed E-state index contributed by atoms with van der Waals surface area (Å²) in [4.78, 5) is 30.4. The van der Waals surface area contributed by atoms with Crippen LogP contribution in [0.2, 0.25) is 0 Å². The molecule has 0 bridgehead atoms. The van der Waals surface area contributed by atoms with Gasteiger partial charge in [-0.3, -0.25) is 14.6 Å². The summed E-state index contributed by atoms with van der Waals surface area (Å²) in [5.74, 6) is -0.368. The van der Waals surface area contributed by atoms with Gasteiger partial charge in [-0.1, -0.05) is 6.07 Å². The number of carbonyl (C=O) groups excluding carboxylic acids is 2. The smallest absolute Gasteiger partial charge is 0.272 e. The lowest BCUT2D eigenvalue weighted by atomic mass is 10.2. The van der Waals surface area contributed by atoms with Gasteiger partial charge in [-0.25, -0.2) is 0 Å². The molecule has 0 saturated carbocycles. The molecule has 3 rings (SSSR count). The Labute approximate surface area is 121 Å². The normalized spacial score (nSPS) is 10.5. The lowest BCUT2D eigenvalue weighted by Gasteiger charge is -2.05. The van der Waals surface area contributed by atoms with Gasteiger partial charge in [-0.15, -0.1) is 0 Å². The van der Waals surface area contributed by atoms with Gasteiger partial charge in [0, 0.05) is 29.0 Å². The van der Waals surface area contributed by atoms with Gasteiger partial charge in [0.1, 0.15) is 5.69 Å². The number of hydrogen-bond acceptors (Lipinski definition) is 3. The molecule has 0 aliphatic rings. The summed E-state index contributed by atoms with van der Waals surface area (Å²) in [5.41, 5.74) is 2.39. The number of aromatic nitrogens is 2. The minimum atomic E-state index is -0.286.